The van der Waals surface area contributed by atoms with Crippen LogP contribution in [0.3, 0.4) is 0 Å². The van der Waals surface area contributed by atoms with Gasteiger partial charge in [0, 0.05) is 12.5 Å². The highest BCUT2D eigenvalue weighted by Gasteiger charge is 2.16. The molecule has 2 aromatic heterocycles. The molecule has 0 fully saturated rings. The Morgan fingerprint density at radius 3 is 2.74 bits per heavy atom. The molecule has 6 heteroatoms. The van der Waals surface area contributed by atoms with E-state index in [1.165, 1.54) is 0 Å². The quantitative estimate of drug-likeness (QED) is 0.644. The molecule has 0 aliphatic heterocycles. The first-order valence-electron chi connectivity index (χ1n) is 9.01. The molecule has 0 spiro atoms. The van der Waals surface area contributed by atoms with Gasteiger partial charge in [0.15, 0.2) is 0 Å². The van der Waals surface area contributed by atoms with Gasteiger partial charge in [0.1, 0.15) is 23.9 Å². The number of benzene rings is 1. The van der Waals surface area contributed by atoms with Crippen LogP contribution in [-0.4, -0.2) is 17.1 Å². The summed E-state index contributed by atoms with van der Waals surface area (Å²) in [6, 6.07) is 11.0. The smallest absolute Gasteiger partial charge is 0.255 e. The SMILES string of the molecule is Cc1noc(C)c1COc1ccccc1C(=O)NC(C)CCc1ccco1. The molecular formula is C21H24N2O4. The van der Waals surface area contributed by atoms with Crippen molar-refractivity contribution < 1.29 is 18.5 Å². The number of aromatic nitrogens is 1. The molecule has 1 amide bonds. The molecule has 1 unspecified atom stereocenters. The van der Waals surface area contributed by atoms with Gasteiger partial charge in [-0.25, -0.2) is 0 Å². The summed E-state index contributed by atoms with van der Waals surface area (Å²) < 4.78 is 16.4. The molecule has 0 bridgehead atoms. The molecule has 1 atom stereocenters. The van der Waals surface area contributed by atoms with E-state index < -0.39 is 0 Å². The average molecular weight is 368 g/mol. The van der Waals surface area contributed by atoms with E-state index in [9.17, 15) is 4.79 Å². The van der Waals surface area contributed by atoms with Crippen LogP contribution < -0.4 is 10.1 Å². The number of furan rings is 1. The standard InChI is InChI=1S/C21H24N2O4/c1-14(10-11-17-7-6-12-25-17)22-21(24)18-8-4-5-9-20(18)26-13-19-15(2)23-27-16(19)3/h4-9,12,14H,10-11,13H2,1-3H3,(H,22,24). The average Bonchev–Trinajstić information content (AvgIpc) is 3.29. The minimum absolute atomic E-state index is 0.0122. The lowest BCUT2D eigenvalue weighted by molar-refractivity contribution is 0.0933. The Morgan fingerprint density at radius 2 is 2.04 bits per heavy atom. The second-order valence-corrected chi connectivity index (χ2v) is 6.58. The van der Waals surface area contributed by atoms with Gasteiger partial charge < -0.3 is 19.0 Å². The number of carbonyl (C=O) groups is 1. The van der Waals surface area contributed by atoms with Crippen molar-refractivity contribution in [2.75, 3.05) is 0 Å². The molecule has 6 nitrogen and oxygen atoms in total. The van der Waals surface area contributed by atoms with E-state index in [4.69, 9.17) is 13.7 Å². The molecule has 0 aliphatic carbocycles. The van der Waals surface area contributed by atoms with Gasteiger partial charge in [-0.1, -0.05) is 17.3 Å². The van der Waals surface area contributed by atoms with Crippen molar-refractivity contribution in [3.8, 4) is 5.75 Å². The topological polar surface area (TPSA) is 77.5 Å². The summed E-state index contributed by atoms with van der Waals surface area (Å²) in [5.74, 6) is 2.02. The molecule has 1 N–H and O–H groups in total. The molecule has 3 aromatic rings. The minimum atomic E-state index is -0.156. The van der Waals surface area contributed by atoms with Crippen LogP contribution in [0.2, 0.25) is 0 Å². The molecule has 0 aliphatic rings. The molecule has 0 radical (unpaired) electrons. The van der Waals surface area contributed by atoms with E-state index in [1.807, 2.05) is 45.0 Å². The number of aryl methyl sites for hydroxylation is 3. The fourth-order valence-corrected chi connectivity index (χ4v) is 2.83. The number of nitrogens with zero attached hydrogens (tertiary/aromatic N) is 1. The number of hydrogen-bond acceptors (Lipinski definition) is 5. The maximum Gasteiger partial charge on any atom is 0.255 e. The highest BCUT2D eigenvalue weighted by molar-refractivity contribution is 5.97. The van der Waals surface area contributed by atoms with Crippen molar-refractivity contribution in [2.24, 2.45) is 0 Å². The summed E-state index contributed by atoms with van der Waals surface area (Å²) in [7, 11) is 0. The summed E-state index contributed by atoms with van der Waals surface area (Å²) in [4.78, 5) is 12.7. The van der Waals surface area contributed by atoms with Gasteiger partial charge in [-0.15, -0.1) is 0 Å². The second-order valence-electron chi connectivity index (χ2n) is 6.58. The van der Waals surface area contributed by atoms with Gasteiger partial charge in [-0.2, -0.15) is 0 Å². The van der Waals surface area contributed by atoms with Crippen LogP contribution >= 0.6 is 0 Å². The van der Waals surface area contributed by atoms with E-state index >= 15 is 0 Å². The molecule has 142 valence electrons. The van der Waals surface area contributed by atoms with Crippen molar-refractivity contribution in [2.45, 2.75) is 46.3 Å². The van der Waals surface area contributed by atoms with Crippen LogP contribution in [0.4, 0.5) is 0 Å². The van der Waals surface area contributed by atoms with E-state index in [0.717, 1.165) is 35.6 Å². The van der Waals surface area contributed by atoms with Gasteiger partial charge in [0.2, 0.25) is 0 Å². The predicted octanol–water partition coefficient (Wildman–Crippen LogP) is 4.21. The van der Waals surface area contributed by atoms with E-state index in [2.05, 4.69) is 10.5 Å². The van der Waals surface area contributed by atoms with Crippen molar-refractivity contribution in [3.05, 3.63) is 71.0 Å². The third-order valence-electron chi connectivity index (χ3n) is 4.47. The van der Waals surface area contributed by atoms with E-state index in [0.29, 0.717) is 17.9 Å². The first kappa shape index (κ1) is 18.8. The number of hydrogen-bond donors (Lipinski definition) is 1. The maximum absolute atomic E-state index is 12.7. The van der Waals surface area contributed by atoms with Gasteiger partial charge in [0.05, 0.1) is 23.1 Å². The summed E-state index contributed by atoms with van der Waals surface area (Å²) in [5, 5.41) is 6.95. The Kier molecular flexibility index (Phi) is 5.96. The third-order valence-corrected chi connectivity index (χ3v) is 4.47. The highest BCUT2D eigenvalue weighted by Crippen LogP contribution is 2.21. The maximum atomic E-state index is 12.7. The van der Waals surface area contributed by atoms with Crippen molar-refractivity contribution in [3.63, 3.8) is 0 Å². The predicted molar refractivity (Wildman–Crippen MR) is 101 cm³/mol. The third kappa shape index (κ3) is 4.78. The fraction of sp³-hybridized carbons (Fsp3) is 0.333. The number of rotatable bonds is 8. The van der Waals surface area contributed by atoms with Gasteiger partial charge in [-0.3, -0.25) is 4.79 Å². The molecule has 0 saturated carbocycles. The molecule has 3 rings (SSSR count). The Morgan fingerprint density at radius 1 is 1.22 bits per heavy atom. The number of ether oxygens (including phenoxy) is 1. The summed E-state index contributed by atoms with van der Waals surface area (Å²) in [6.45, 7) is 6.00. The van der Waals surface area contributed by atoms with Crippen molar-refractivity contribution in [1.82, 2.24) is 10.5 Å². The summed E-state index contributed by atoms with van der Waals surface area (Å²) in [5.41, 5.74) is 2.20. The molecule has 0 saturated heterocycles. The number of carbonyl (C=O) groups excluding carboxylic acids is 1. The van der Waals surface area contributed by atoms with E-state index in [1.54, 1.807) is 18.4 Å². The Bertz CT molecular complexity index is 864. The van der Waals surface area contributed by atoms with Crippen LogP contribution in [0.25, 0.3) is 0 Å². The first-order chi connectivity index (χ1) is 13.0. The summed E-state index contributed by atoms with van der Waals surface area (Å²) >= 11 is 0. The van der Waals surface area contributed by atoms with E-state index in [-0.39, 0.29) is 11.9 Å². The zero-order chi connectivity index (χ0) is 19.2. The zero-order valence-electron chi connectivity index (χ0n) is 15.8. The molecule has 1 aromatic carbocycles. The van der Waals surface area contributed by atoms with Crippen LogP contribution in [0.5, 0.6) is 5.75 Å². The van der Waals surface area contributed by atoms with Gasteiger partial charge in [-0.05, 0) is 51.5 Å². The Balaban J connectivity index is 1.61. The van der Waals surface area contributed by atoms with Crippen LogP contribution in [0, 0.1) is 13.8 Å². The largest absolute Gasteiger partial charge is 0.488 e. The van der Waals surface area contributed by atoms with Crippen LogP contribution in [0.15, 0.2) is 51.6 Å². The zero-order valence-corrected chi connectivity index (χ0v) is 15.8. The number of amides is 1. The van der Waals surface area contributed by atoms with Gasteiger partial charge >= 0.3 is 0 Å². The molecule has 2 heterocycles. The summed E-state index contributed by atoms with van der Waals surface area (Å²) in [6.07, 6.45) is 3.23. The van der Waals surface area contributed by atoms with Gasteiger partial charge in [0.25, 0.3) is 5.91 Å². The molecule has 27 heavy (non-hydrogen) atoms. The lowest BCUT2D eigenvalue weighted by Gasteiger charge is -2.15. The van der Waals surface area contributed by atoms with Crippen molar-refractivity contribution >= 4 is 5.91 Å². The minimum Gasteiger partial charge on any atom is -0.488 e. The monoisotopic (exact) mass is 368 g/mol. The Hall–Kier alpha value is -3.02. The molecular weight excluding hydrogens is 344 g/mol. The number of para-hydroxylation sites is 1. The number of nitrogens with one attached hydrogen (secondary N) is 1. The lowest BCUT2D eigenvalue weighted by atomic mass is 10.1. The fourth-order valence-electron chi connectivity index (χ4n) is 2.83. The normalized spacial score (nSPS) is 12.0. The first-order valence-corrected chi connectivity index (χ1v) is 9.01. The second kappa shape index (κ2) is 8.58. The lowest BCUT2D eigenvalue weighted by Crippen LogP contribution is -2.33. The highest BCUT2D eigenvalue weighted by atomic mass is 16.5. The van der Waals surface area contributed by atoms with Crippen molar-refractivity contribution in [1.29, 1.82) is 0 Å². The Labute approximate surface area is 158 Å². The van der Waals surface area contributed by atoms with Crippen LogP contribution in [-0.2, 0) is 13.0 Å². The van der Waals surface area contributed by atoms with Crippen LogP contribution in [0.1, 0.15) is 46.5 Å².